The molecule has 19 heavy (non-hydrogen) atoms. The van der Waals surface area contributed by atoms with Gasteiger partial charge in [-0.05, 0) is 6.42 Å². The molecule has 0 atom stereocenters. The van der Waals surface area contributed by atoms with Crippen LogP contribution >= 0.6 is 11.6 Å². The SMILES string of the molecule is COCc1nc(Cl)cc(NCCCc2ncc[nH]2)n1. The number of anilines is 1. The maximum Gasteiger partial charge on any atom is 0.158 e. The summed E-state index contributed by atoms with van der Waals surface area (Å²) in [6, 6.07) is 1.70. The van der Waals surface area contributed by atoms with Gasteiger partial charge in [-0.2, -0.15) is 0 Å². The number of ether oxygens (including phenoxy) is 1. The van der Waals surface area contributed by atoms with Crippen molar-refractivity contribution in [3.05, 3.63) is 35.3 Å². The number of hydrogen-bond donors (Lipinski definition) is 2. The summed E-state index contributed by atoms with van der Waals surface area (Å²) in [5.74, 6) is 2.28. The molecule has 2 N–H and O–H groups in total. The molecular formula is C12H16ClN5O. The van der Waals surface area contributed by atoms with Gasteiger partial charge in [-0.25, -0.2) is 15.0 Å². The van der Waals surface area contributed by atoms with E-state index in [1.807, 2.05) is 6.20 Å². The zero-order valence-corrected chi connectivity index (χ0v) is 11.4. The van der Waals surface area contributed by atoms with Gasteiger partial charge in [0.15, 0.2) is 5.82 Å². The van der Waals surface area contributed by atoms with E-state index in [2.05, 4.69) is 25.3 Å². The van der Waals surface area contributed by atoms with Gasteiger partial charge in [0.1, 0.15) is 23.4 Å². The number of rotatable bonds is 7. The number of aryl methyl sites for hydroxylation is 1. The van der Waals surface area contributed by atoms with Gasteiger partial charge in [0, 0.05) is 38.5 Å². The molecule has 0 bridgehead atoms. The number of nitrogens with zero attached hydrogens (tertiary/aromatic N) is 3. The van der Waals surface area contributed by atoms with Crippen LogP contribution in [0.5, 0.6) is 0 Å². The van der Waals surface area contributed by atoms with Crippen LogP contribution in [0.4, 0.5) is 5.82 Å². The summed E-state index contributed by atoms with van der Waals surface area (Å²) in [5, 5.41) is 3.63. The number of nitrogens with one attached hydrogen (secondary N) is 2. The summed E-state index contributed by atoms with van der Waals surface area (Å²) in [6.07, 6.45) is 5.42. The van der Waals surface area contributed by atoms with E-state index in [1.54, 1.807) is 19.4 Å². The van der Waals surface area contributed by atoms with E-state index in [9.17, 15) is 0 Å². The van der Waals surface area contributed by atoms with E-state index >= 15 is 0 Å². The molecular weight excluding hydrogens is 266 g/mol. The highest BCUT2D eigenvalue weighted by molar-refractivity contribution is 6.29. The second-order valence-corrected chi connectivity index (χ2v) is 4.38. The quantitative estimate of drug-likeness (QED) is 0.600. The van der Waals surface area contributed by atoms with E-state index in [0.717, 1.165) is 25.2 Å². The molecule has 0 aliphatic carbocycles. The minimum atomic E-state index is 0.349. The minimum Gasteiger partial charge on any atom is -0.377 e. The highest BCUT2D eigenvalue weighted by atomic mass is 35.5. The molecule has 2 rings (SSSR count). The van der Waals surface area contributed by atoms with Crippen LogP contribution < -0.4 is 5.32 Å². The Morgan fingerprint density at radius 1 is 1.42 bits per heavy atom. The van der Waals surface area contributed by atoms with Crippen LogP contribution in [0, 0.1) is 0 Å². The molecule has 6 nitrogen and oxygen atoms in total. The summed E-state index contributed by atoms with van der Waals surface area (Å²) in [6.45, 7) is 1.14. The van der Waals surface area contributed by atoms with Crippen molar-refractivity contribution in [2.45, 2.75) is 19.4 Å². The summed E-state index contributed by atoms with van der Waals surface area (Å²) >= 11 is 5.92. The molecule has 0 aliphatic heterocycles. The minimum absolute atomic E-state index is 0.349. The predicted molar refractivity (Wildman–Crippen MR) is 73.2 cm³/mol. The molecule has 2 aromatic rings. The molecule has 0 unspecified atom stereocenters. The summed E-state index contributed by atoms with van der Waals surface area (Å²) in [7, 11) is 1.60. The number of aromatic amines is 1. The first-order chi connectivity index (χ1) is 9.28. The Morgan fingerprint density at radius 3 is 3.05 bits per heavy atom. The predicted octanol–water partition coefficient (Wildman–Crippen LogP) is 2.04. The second kappa shape index (κ2) is 7.06. The van der Waals surface area contributed by atoms with Crippen molar-refractivity contribution in [2.24, 2.45) is 0 Å². The standard InChI is InChI=1S/C12H16ClN5O/c1-19-8-12-17-9(13)7-11(18-12)14-4-2-3-10-15-5-6-16-10/h5-7H,2-4,8H2,1H3,(H,15,16)(H,14,17,18). The molecule has 2 heterocycles. The molecule has 0 spiro atoms. The maximum absolute atomic E-state index is 5.92. The van der Waals surface area contributed by atoms with Crippen LogP contribution in [-0.4, -0.2) is 33.6 Å². The lowest BCUT2D eigenvalue weighted by molar-refractivity contribution is 0.178. The van der Waals surface area contributed by atoms with E-state index in [-0.39, 0.29) is 0 Å². The third-order valence-electron chi connectivity index (χ3n) is 2.47. The van der Waals surface area contributed by atoms with Gasteiger partial charge in [0.2, 0.25) is 0 Å². The Labute approximate surface area is 116 Å². The molecule has 0 aromatic carbocycles. The lowest BCUT2D eigenvalue weighted by Crippen LogP contribution is -2.07. The molecule has 0 saturated carbocycles. The van der Waals surface area contributed by atoms with Gasteiger partial charge in [-0.3, -0.25) is 0 Å². The average molecular weight is 282 g/mol. The van der Waals surface area contributed by atoms with Crippen LogP contribution in [0.2, 0.25) is 5.15 Å². The fourth-order valence-electron chi connectivity index (χ4n) is 1.66. The third kappa shape index (κ3) is 4.50. The Morgan fingerprint density at radius 2 is 2.32 bits per heavy atom. The summed E-state index contributed by atoms with van der Waals surface area (Å²) in [5.41, 5.74) is 0. The Kier molecular flexibility index (Phi) is 5.11. The van der Waals surface area contributed by atoms with E-state index < -0.39 is 0 Å². The molecule has 0 amide bonds. The largest absolute Gasteiger partial charge is 0.377 e. The third-order valence-corrected chi connectivity index (χ3v) is 2.66. The Balaban J connectivity index is 1.81. The number of methoxy groups -OCH3 is 1. The van der Waals surface area contributed by atoms with Crippen molar-refractivity contribution in [3.63, 3.8) is 0 Å². The van der Waals surface area contributed by atoms with Crippen molar-refractivity contribution in [2.75, 3.05) is 19.0 Å². The van der Waals surface area contributed by atoms with Crippen molar-refractivity contribution in [1.29, 1.82) is 0 Å². The van der Waals surface area contributed by atoms with E-state index in [4.69, 9.17) is 16.3 Å². The summed E-state index contributed by atoms with van der Waals surface area (Å²) in [4.78, 5) is 15.6. The monoisotopic (exact) mass is 281 g/mol. The molecule has 0 saturated heterocycles. The molecule has 0 radical (unpaired) electrons. The molecule has 2 aromatic heterocycles. The Hall–Kier alpha value is -1.66. The highest BCUT2D eigenvalue weighted by Gasteiger charge is 2.03. The van der Waals surface area contributed by atoms with Crippen LogP contribution in [0.15, 0.2) is 18.5 Å². The van der Waals surface area contributed by atoms with Gasteiger partial charge < -0.3 is 15.0 Å². The van der Waals surface area contributed by atoms with E-state index in [1.165, 1.54) is 0 Å². The maximum atomic E-state index is 5.92. The fourth-order valence-corrected chi connectivity index (χ4v) is 1.86. The normalized spacial score (nSPS) is 10.6. The van der Waals surface area contributed by atoms with E-state index in [0.29, 0.717) is 23.4 Å². The number of aromatic nitrogens is 4. The van der Waals surface area contributed by atoms with Crippen molar-refractivity contribution < 1.29 is 4.74 Å². The summed E-state index contributed by atoms with van der Waals surface area (Å²) < 4.78 is 4.99. The first-order valence-corrected chi connectivity index (χ1v) is 6.40. The van der Waals surface area contributed by atoms with Gasteiger partial charge in [-0.1, -0.05) is 11.6 Å². The van der Waals surface area contributed by atoms with Crippen LogP contribution in [0.25, 0.3) is 0 Å². The van der Waals surface area contributed by atoms with Crippen LogP contribution in [0.1, 0.15) is 18.1 Å². The molecule has 7 heteroatoms. The van der Waals surface area contributed by atoms with Crippen molar-refractivity contribution >= 4 is 17.4 Å². The molecule has 0 aliphatic rings. The number of imidazole rings is 1. The van der Waals surface area contributed by atoms with Crippen LogP contribution in [-0.2, 0) is 17.8 Å². The average Bonchev–Trinajstić information content (AvgIpc) is 2.87. The topological polar surface area (TPSA) is 75.7 Å². The van der Waals surface area contributed by atoms with Gasteiger partial charge >= 0.3 is 0 Å². The van der Waals surface area contributed by atoms with Crippen molar-refractivity contribution in [1.82, 2.24) is 19.9 Å². The van der Waals surface area contributed by atoms with Crippen molar-refractivity contribution in [3.8, 4) is 0 Å². The first-order valence-electron chi connectivity index (χ1n) is 6.02. The zero-order valence-electron chi connectivity index (χ0n) is 10.7. The molecule has 102 valence electrons. The highest BCUT2D eigenvalue weighted by Crippen LogP contribution is 2.12. The van der Waals surface area contributed by atoms with Gasteiger partial charge in [0.05, 0.1) is 0 Å². The number of H-pyrrole nitrogens is 1. The fraction of sp³-hybridized carbons (Fsp3) is 0.417. The Bertz CT molecular complexity index is 503. The lowest BCUT2D eigenvalue weighted by atomic mass is 10.3. The smallest absolute Gasteiger partial charge is 0.158 e. The second-order valence-electron chi connectivity index (χ2n) is 3.99. The lowest BCUT2D eigenvalue weighted by Gasteiger charge is -2.07. The zero-order chi connectivity index (χ0) is 13.5. The van der Waals surface area contributed by atoms with Crippen LogP contribution in [0.3, 0.4) is 0 Å². The number of hydrogen-bond acceptors (Lipinski definition) is 5. The molecule has 0 fully saturated rings. The first kappa shape index (κ1) is 13.8. The van der Waals surface area contributed by atoms with Gasteiger partial charge in [-0.15, -0.1) is 0 Å². The number of halogens is 1. The van der Waals surface area contributed by atoms with Gasteiger partial charge in [0.25, 0.3) is 0 Å².